The molecule has 0 saturated carbocycles. The number of halogens is 2. The molecule has 3 rings (SSSR count). The molecule has 8 heteroatoms. The van der Waals surface area contributed by atoms with Gasteiger partial charge in [-0.25, -0.2) is 17.2 Å². The molecule has 1 atom stereocenters. The molecule has 1 aliphatic rings. The van der Waals surface area contributed by atoms with Gasteiger partial charge >= 0.3 is 0 Å². The van der Waals surface area contributed by atoms with E-state index >= 15 is 0 Å². The zero-order valence-corrected chi connectivity index (χ0v) is 15.4. The quantitative estimate of drug-likeness (QED) is 0.848. The number of sulfonamides is 1. The lowest BCUT2D eigenvalue weighted by molar-refractivity contribution is -0.125. The predicted octanol–water partition coefficient (Wildman–Crippen LogP) is 2.82. The van der Waals surface area contributed by atoms with E-state index in [-0.39, 0.29) is 23.8 Å². The molecule has 144 valence electrons. The molecule has 27 heavy (non-hydrogen) atoms. The summed E-state index contributed by atoms with van der Waals surface area (Å²) < 4.78 is 53.1. The van der Waals surface area contributed by atoms with Gasteiger partial charge < -0.3 is 5.32 Å². The summed E-state index contributed by atoms with van der Waals surface area (Å²) in [4.78, 5) is 12.6. The minimum atomic E-state index is -3.91. The van der Waals surface area contributed by atoms with Crippen LogP contribution in [0.25, 0.3) is 0 Å². The van der Waals surface area contributed by atoms with Crippen LogP contribution in [0.1, 0.15) is 24.8 Å². The van der Waals surface area contributed by atoms with Crippen molar-refractivity contribution in [3.8, 4) is 0 Å². The first-order valence-corrected chi connectivity index (χ1v) is 10.1. The van der Waals surface area contributed by atoms with E-state index in [4.69, 9.17) is 0 Å². The molecule has 2 aromatic carbocycles. The Morgan fingerprint density at radius 1 is 1.00 bits per heavy atom. The van der Waals surface area contributed by atoms with E-state index in [0.29, 0.717) is 18.4 Å². The van der Waals surface area contributed by atoms with Gasteiger partial charge in [0.05, 0.1) is 4.90 Å². The summed E-state index contributed by atoms with van der Waals surface area (Å²) in [6.45, 7) is 0.411. The summed E-state index contributed by atoms with van der Waals surface area (Å²) >= 11 is 0. The molecule has 1 fully saturated rings. The van der Waals surface area contributed by atoms with Crippen LogP contribution in [0.3, 0.4) is 0 Å². The largest absolute Gasteiger partial charge is 0.351 e. The van der Waals surface area contributed by atoms with Crippen molar-refractivity contribution < 1.29 is 22.0 Å². The Morgan fingerprint density at radius 3 is 2.22 bits per heavy atom. The minimum Gasteiger partial charge on any atom is -0.351 e. The molecule has 0 spiro atoms. The minimum absolute atomic E-state index is 0.0397. The van der Waals surface area contributed by atoms with Crippen LogP contribution in [0.15, 0.2) is 53.4 Å². The van der Waals surface area contributed by atoms with E-state index in [1.807, 2.05) is 0 Å². The molecule has 1 amide bonds. The number of amides is 1. The molecular formula is C19H20F2N2O3S. The van der Waals surface area contributed by atoms with Gasteiger partial charge in [0, 0.05) is 13.1 Å². The lowest BCUT2D eigenvalue weighted by Crippen LogP contribution is -2.51. The van der Waals surface area contributed by atoms with Gasteiger partial charge in [-0.15, -0.1) is 0 Å². The number of nitrogens with zero attached hydrogens (tertiary/aromatic N) is 1. The number of carbonyl (C=O) groups is 1. The number of carbonyl (C=O) groups excluding carboxylic acids is 1. The molecule has 1 saturated heterocycles. The SMILES string of the molecule is O=C(NCc1ccc(F)cc1)C1CCCCN1S(=O)(=O)c1ccc(F)cc1. The molecule has 1 heterocycles. The van der Waals surface area contributed by atoms with Gasteiger partial charge in [-0.05, 0) is 54.8 Å². The molecule has 1 aliphatic heterocycles. The van der Waals surface area contributed by atoms with Crippen molar-refractivity contribution in [1.29, 1.82) is 0 Å². The summed E-state index contributed by atoms with van der Waals surface area (Å²) in [5.41, 5.74) is 0.716. The maximum atomic E-state index is 13.1. The van der Waals surface area contributed by atoms with E-state index in [9.17, 15) is 22.0 Å². The number of nitrogens with one attached hydrogen (secondary N) is 1. The molecular weight excluding hydrogens is 374 g/mol. The maximum Gasteiger partial charge on any atom is 0.243 e. The van der Waals surface area contributed by atoms with Crippen LogP contribution < -0.4 is 5.32 Å². The van der Waals surface area contributed by atoms with E-state index in [1.165, 1.54) is 28.6 Å². The summed E-state index contributed by atoms with van der Waals surface area (Å²) in [6.07, 6.45) is 1.81. The van der Waals surface area contributed by atoms with E-state index in [2.05, 4.69) is 5.32 Å². The maximum absolute atomic E-state index is 13.1. The van der Waals surface area contributed by atoms with Gasteiger partial charge in [-0.2, -0.15) is 4.31 Å². The summed E-state index contributed by atoms with van der Waals surface area (Å²) in [6, 6.07) is 9.46. The number of hydrogen-bond acceptors (Lipinski definition) is 3. The van der Waals surface area contributed by atoms with Crippen molar-refractivity contribution in [2.24, 2.45) is 0 Å². The second kappa shape index (κ2) is 8.14. The third-order valence-electron chi connectivity index (χ3n) is 4.56. The van der Waals surface area contributed by atoms with Crippen molar-refractivity contribution in [3.05, 3.63) is 65.7 Å². The Hall–Kier alpha value is -2.32. The molecule has 1 unspecified atom stereocenters. The Kier molecular flexibility index (Phi) is 5.86. The highest BCUT2D eigenvalue weighted by molar-refractivity contribution is 7.89. The lowest BCUT2D eigenvalue weighted by atomic mass is 10.0. The monoisotopic (exact) mass is 394 g/mol. The van der Waals surface area contributed by atoms with E-state index in [1.54, 1.807) is 12.1 Å². The number of hydrogen-bond donors (Lipinski definition) is 1. The van der Waals surface area contributed by atoms with Crippen molar-refractivity contribution in [2.45, 2.75) is 36.7 Å². The first-order chi connectivity index (χ1) is 12.9. The number of rotatable bonds is 5. The van der Waals surface area contributed by atoms with E-state index < -0.39 is 27.8 Å². The van der Waals surface area contributed by atoms with Crippen LogP contribution in [-0.4, -0.2) is 31.2 Å². The molecule has 0 radical (unpaired) electrons. The molecule has 0 aromatic heterocycles. The fourth-order valence-electron chi connectivity index (χ4n) is 3.11. The molecule has 2 aromatic rings. The Morgan fingerprint density at radius 2 is 1.59 bits per heavy atom. The van der Waals surface area contributed by atoms with Gasteiger partial charge in [0.15, 0.2) is 0 Å². The van der Waals surface area contributed by atoms with Crippen molar-refractivity contribution in [3.63, 3.8) is 0 Å². The first kappa shape index (κ1) is 19.4. The number of benzene rings is 2. The number of piperidine rings is 1. The summed E-state index contributed by atoms with van der Waals surface area (Å²) in [5, 5.41) is 2.72. The van der Waals surface area contributed by atoms with Gasteiger partial charge in [0.1, 0.15) is 17.7 Å². The lowest BCUT2D eigenvalue weighted by Gasteiger charge is -2.33. The fraction of sp³-hybridized carbons (Fsp3) is 0.316. The van der Waals surface area contributed by atoms with E-state index in [0.717, 1.165) is 18.6 Å². The van der Waals surface area contributed by atoms with Crippen LogP contribution in [0.2, 0.25) is 0 Å². The third-order valence-corrected chi connectivity index (χ3v) is 6.48. The van der Waals surface area contributed by atoms with Crippen molar-refractivity contribution in [2.75, 3.05) is 6.54 Å². The summed E-state index contributed by atoms with van der Waals surface area (Å²) in [7, 11) is -3.91. The average Bonchev–Trinajstić information content (AvgIpc) is 2.67. The zero-order valence-electron chi connectivity index (χ0n) is 14.6. The van der Waals surface area contributed by atoms with Crippen LogP contribution in [0.5, 0.6) is 0 Å². The first-order valence-electron chi connectivity index (χ1n) is 8.67. The van der Waals surface area contributed by atoms with Crippen molar-refractivity contribution >= 4 is 15.9 Å². The topological polar surface area (TPSA) is 66.5 Å². The fourth-order valence-corrected chi connectivity index (χ4v) is 4.76. The third kappa shape index (κ3) is 4.51. The normalized spacial score (nSPS) is 18.2. The molecule has 5 nitrogen and oxygen atoms in total. The van der Waals surface area contributed by atoms with Crippen LogP contribution in [-0.2, 0) is 21.4 Å². The van der Waals surface area contributed by atoms with Crippen LogP contribution in [0, 0.1) is 11.6 Å². The Bertz CT molecular complexity index is 900. The van der Waals surface area contributed by atoms with Gasteiger partial charge in [-0.1, -0.05) is 18.6 Å². The zero-order chi connectivity index (χ0) is 19.4. The highest BCUT2D eigenvalue weighted by Crippen LogP contribution is 2.25. The van der Waals surface area contributed by atoms with Crippen LogP contribution in [0.4, 0.5) is 8.78 Å². The Labute approximate surface area is 157 Å². The highest BCUT2D eigenvalue weighted by Gasteiger charge is 2.37. The van der Waals surface area contributed by atoms with Crippen LogP contribution >= 0.6 is 0 Å². The average molecular weight is 394 g/mol. The van der Waals surface area contributed by atoms with Gasteiger partial charge in [0.25, 0.3) is 0 Å². The standard InChI is InChI=1S/C19H20F2N2O3S/c20-15-6-4-14(5-7-15)13-22-19(24)18-3-1-2-12-23(18)27(25,26)17-10-8-16(21)9-11-17/h4-11,18H,1-3,12-13H2,(H,22,24). The highest BCUT2D eigenvalue weighted by atomic mass is 32.2. The Balaban J connectivity index is 1.75. The second-order valence-electron chi connectivity index (χ2n) is 6.43. The molecule has 1 N–H and O–H groups in total. The second-order valence-corrected chi connectivity index (χ2v) is 8.32. The van der Waals surface area contributed by atoms with Gasteiger partial charge in [-0.3, -0.25) is 4.79 Å². The summed E-state index contributed by atoms with van der Waals surface area (Å²) in [5.74, 6) is -1.29. The van der Waals surface area contributed by atoms with Crippen molar-refractivity contribution in [1.82, 2.24) is 9.62 Å². The molecule has 0 bridgehead atoms. The predicted molar refractivity (Wildman–Crippen MR) is 96.2 cm³/mol. The smallest absolute Gasteiger partial charge is 0.243 e. The van der Waals surface area contributed by atoms with Gasteiger partial charge in [0.2, 0.25) is 15.9 Å². The molecule has 0 aliphatic carbocycles.